The Kier molecular flexibility index (Phi) is 7.59. The summed E-state index contributed by atoms with van der Waals surface area (Å²) in [6, 6.07) is 19.1. The molecule has 2 aliphatic heterocycles. The summed E-state index contributed by atoms with van der Waals surface area (Å²) in [5, 5.41) is 3.47. The summed E-state index contributed by atoms with van der Waals surface area (Å²) in [5.74, 6) is 1.26. The highest BCUT2D eigenvalue weighted by atomic mass is 16.2. The van der Waals surface area contributed by atoms with Gasteiger partial charge >= 0.3 is 0 Å². The van der Waals surface area contributed by atoms with Gasteiger partial charge < -0.3 is 15.1 Å². The van der Waals surface area contributed by atoms with E-state index in [1.54, 1.807) is 0 Å². The molecule has 0 saturated carbocycles. The second-order valence-electron chi connectivity index (χ2n) is 8.61. The van der Waals surface area contributed by atoms with Crippen molar-refractivity contribution in [1.82, 2.24) is 15.1 Å². The van der Waals surface area contributed by atoms with E-state index < -0.39 is 0 Å². The van der Waals surface area contributed by atoms with Crippen LogP contribution in [0.15, 0.2) is 65.2 Å². The zero-order valence-electron chi connectivity index (χ0n) is 19.1. The molecule has 0 aromatic heterocycles. The van der Waals surface area contributed by atoms with Gasteiger partial charge in [0.25, 0.3) is 0 Å². The van der Waals surface area contributed by atoms with Crippen molar-refractivity contribution < 1.29 is 4.79 Å². The minimum absolute atomic E-state index is 0.272. The molecule has 168 valence electrons. The SMILES string of the molecule is CCNC(=NCc1cccc(CN2CCCC2=O)c1)N1CCC(=Cc2ccccc2)CC1. The highest BCUT2D eigenvalue weighted by Crippen LogP contribution is 2.20. The van der Waals surface area contributed by atoms with E-state index in [2.05, 4.69) is 77.8 Å². The fourth-order valence-electron chi connectivity index (χ4n) is 4.44. The molecular formula is C27H34N4O. The first-order chi connectivity index (χ1) is 15.7. The van der Waals surface area contributed by atoms with Crippen LogP contribution in [0.5, 0.6) is 0 Å². The molecule has 0 unspecified atom stereocenters. The van der Waals surface area contributed by atoms with Gasteiger partial charge in [-0.1, -0.05) is 66.2 Å². The zero-order valence-corrected chi connectivity index (χ0v) is 19.1. The third-order valence-electron chi connectivity index (χ3n) is 6.16. The number of likely N-dealkylation sites (tertiary alicyclic amines) is 2. The summed E-state index contributed by atoms with van der Waals surface area (Å²) in [6.45, 7) is 7.18. The number of rotatable bonds is 6. The van der Waals surface area contributed by atoms with E-state index in [4.69, 9.17) is 4.99 Å². The van der Waals surface area contributed by atoms with E-state index in [0.717, 1.165) is 51.4 Å². The molecule has 4 rings (SSSR count). The summed E-state index contributed by atoms with van der Waals surface area (Å²) in [4.78, 5) is 21.2. The number of carbonyl (C=O) groups excluding carboxylic acids is 1. The molecule has 0 radical (unpaired) electrons. The Morgan fingerprint density at radius 1 is 1.00 bits per heavy atom. The normalized spacial score (nSPS) is 17.1. The Hall–Kier alpha value is -3.08. The summed E-state index contributed by atoms with van der Waals surface area (Å²) in [6.07, 6.45) is 6.14. The highest BCUT2D eigenvalue weighted by Gasteiger charge is 2.20. The average Bonchev–Trinajstić information content (AvgIpc) is 3.22. The Morgan fingerprint density at radius 2 is 1.78 bits per heavy atom. The molecule has 1 amide bonds. The van der Waals surface area contributed by atoms with Gasteiger partial charge in [0.2, 0.25) is 5.91 Å². The largest absolute Gasteiger partial charge is 0.357 e. The van der Waals surface area contributed by atoms with Gasteiger partial charge in [0.05, 0.1) is 6.54 Å². The number of guanidine groups is 1. The monoisotopic (exact) mass is 430 g/mol. The van der Waals surface area contributed by atoms with Crippen LogP contribution >= 0.6 is 0 Å². The molecule has 2 heterocycles. The molecule has 2 aliphatic rings. The molecular weight excluding hydrogens is 396 g/mol. The van der Waals surface area contributed by atoms with Crippen molar-refractivity contribution >= 4 is 17.9 Å². The van der Waals surface area contributed by atoms with Crippen LogP contribution < -0.4 is 5.32 Å². The van der Waals surface area contributed by atoms with Crippen LogP contribution in [-0.4, -0.2) is 47.8 Å². The Morgan fingerprint density at radius 3 is 2.50 bits per heavy atom. The van der Waals surface area contributed by atoms with Crippen molar-refractivity contribution in [1.29, 1.82) is 0 Å². The van der Waals surface area contributed by atoms with Crippen LogP contribution in [0.2, 0.25) is 0 Å². The maximum absolute atomic E-state index is 11.9. The van der Waals surface area contributed by atoms with Gasteiger partial charge in [-0.3, -0.25) is 4.79 Å². The lowest BCUT2D eigenvalue weighted by Crippen LogP contribution is -2.44. The molecule has 2 saturated heterocycles. The summed E-state index contributed by atoms with van der Waals surface area (Å²) in [7, 11) is 0. The standard InChI is InChI=1S/C27H34N4O/c1-2-28-27(30-16-13-23(14-17-30)18-22-8-4-3-5-9-22)29-20-24-10-6-11-25(19-24)21-31-15-7-12-26(31)32/h3-6,8-11,18-19H,2,7,12-17,20-21H2,1H3,(H,28,29). The van der Waals surface area contributed by atoms with Gasteiger partial charge in [0, 0.05) is 39.1 Å². The van der Waals surface area contributed by atoms with Crippen LogP contribution in [0.4, 0.5) is 0 Å². The lowest BCUT2D eigenvalue weighted by Gasteiger charge is -2.31. The second-order valence-corrected chi connectivity index (χ2v) is 8.61. The number of piperidine rings is 1. The number of nitrogens with zero attached hydrogens (tertiary/aromatic N) is 3. The van der Waals surface area contributed by atoms with E-state index in [9.17, 15) is 4.79 Å². The Labute approximate surface area is 191 Å². The first-order valence-electron chi connectivity index (χ1n) is 11.8. The maximum atomic E-state index is 11.9. The molecule has 2 aromatic carbocycles. The minimum atomic E-state index is 0.272. The predicted octanol–water partition coefficient (Wildman–Crippen LogP) is 4.45. The second kappa shape index (κ2) is 11.0. The maximum Gasteiger partial charge on any atom is 0.222 e. The quantitative estimate of drug-likeness (QED) is 0.544. The number of amides is 1. The predicted molar refractivity (Wildman–Crippen MR) is 131 cm³/mol. The third kappa shape index (κ3) is 6.00. The summed E-state index contributed by atoms with van der Waals surface area (Å²) >= 11 is 0. The smallest absolute Gasteiger partial charge is 0.222 e. The van der Waals surface area contributed by atoms with Crippen LogP contribution in [0, 0.1) is 0 Å². The minimum Gasteiger partial charge on any atom is -0.357 e. The van der Waals surface area contributed by atoms with E-state index >= 15 is 0 Å². The number of nitrogens with one attached hydrogen (secondary N) is 1. The van der Waals surface area contributed by atoms with Crippen molar-refractivity contribution in [3.05, 3.63) is 76.9 Å². The van der Waals surface area contributed by atoms with Gasteiger partial charge in [-0.05, 0) is 42.9 Å². The molecule has 0 atom stereocenters. The lowest BCUT2D eigenvalue weighted by atomic mass is 10.0. The molecule has 0 bridgehead atoms. The van der Waals surface area contributed by atoms with E-state index in [0.29, 0.717) is 19.5 Å². The van der Waals surface area contributed by atoms with E-state index in [-0.39, 0.29) is 5.91 Å². The molecule has 0 spiro atoms. The number of aliphatic imine (C=N–C) groups is 1. The van der Waals surface area contributed by atoms with Gasteiger partial charge in [-0.15, -0.1) is 0 Å². The topological polar surface area (TPSA) is 47.9 Å². The van der Waals surface area contributed by atoms with E-state index in [1.165, 1.54) is 22.3 Å². The van der Waals surface area contributed by atoms with Gasteiger partial charge in [0.1, 0.15) is 0 Å². The lowest BCUT2D eigenvalue weighted by molar-refractivity contribution is -0.128. The van der Waals surface area contributed by atoms with Crippen molar-refractivity contribution in [2.75, 3.05) is 26.2 Å². The fourth-order valence-corrected chi connectivity index (χ4v) is 4.44. The van der Waals surface area contributed by atoms with Crippen LogP contribution in [0.1, 0.15) is 49.3 Å². The number of hydrogen-bond acceptors (Lipinski definition) is 2. The number of benzene rings is 2. The number of carbonyl (C=O) groups is 1. The van der Waals surface area contributed by atoms with Gasteiger partial charge in [-0.25, -0.2) is 4.99 Å². The van der Waals surface area contributed by atoms with Crippen LogP contribution in [-0.2, 0) is 17.9 Å². The van der Waals surface area contributed by atoms with Gasteiger partial charge in [-0.2, -0.15) is 0 Å². The first kappa shape index (κ1) is 22.1. The fraction of sp³-hybridized carbons (Fsp3) is 0.407. The summed E-state index contributed by atoms with van der Waals surface area (Å²) < 4.78 is 0. The van der Waals surface area contributed by atoms with Crippen molar-refractivity contribution in [2.24, 2.45) is 4.99 Å². The average molecular weight is 431 g/mol. The third-order valence-corrected chi connectivity index (χ3v) is 6.16. The summed E-state index contributed by atoms with van der Waals surface area (Å²) in [5.41, 5.74) is 5.16. The molecule has 2 fully saturated rings. The van der Waals surface area contributed by atoms with Crippen molar-refractivity contribution in [3.8, 4) is 0 Å². The highest BCUT2D eigenvalue weighted by molar-refractivity contribution is 5.80. The Balaban J connectivity index is 1.37. The van der Waals surface area contributed by atoms with Crippen molar-refractivity contribution in [3.63, 3.8) is 0 Å². The first-order valence-corrected chi connectivity index (χ1v) is 11.8. The zero-order chi connectivity index (χ0) is 22.2. The molecule has 5 nitrogen and oxygen atoms in total. The molecule has 1 N–H and O–H groups in total. The molecule has 32 heavy (non-hydrogen) atoms. The molecule has 5 heteroatoms. The van der Waals surface area contributed by atoms with Crippen LogP contribution in [0.3, 0.4) is 0 Å². The van der Waals surface area contributed by atoms with Crippen LogP contribution in [0.25, 0.3) is 6.08 Å². The van der Waals surface area contributed by atoms with E-state index in [1.807, 2.05) is 4.90 Å². The number of hydrogen-bond donors (Lipinski definition) is 1. The molecule has 0 aliphatic carbocycles. The Bertz CT molecular complexity index is 957. The van der Waals surface area contributed by atoms with Crippen molar-refractivity contribution in [2.45, 2.75) is 45.7 Å². The molecule has 2 aromatic rings. The van der Waals surface area contributed by atoms with Gasteiger partial charge in [0.15, 0.2) is 5.96 Å².